The Labute approximate surface area is 95.7 Å². The average molecular weight is 376 g/mol. The molecular formula is C11H11N2Tl. The fraction of sp³-hybridized carbons (Fsp3) is 0.0909. The Morgan fingerprint density at radius 1 is 1.29 bits per heavy atom. The number of benzene rings is 1. The van der Waals surface area contributed by atoms with Gasteiger partial charge in [0.15, 0.2) is 0 Å². The van der Waals surface area contributed by atoms with E-state index in [9.17, 15) is 0 Å². The van der Waals surface area contributed by atoms with E-state index < -0.39 is 24.0 Å². The van der Waals surface area contributed by atoms with Crippen LogP contribution in [0.2, 0.25) is 0 Å². The van der Waals surface area contributed by atoms with Crippen LogP contribution < -0.4 is 0 Å². The molecule has 0 saturated carbocycles. The third kappa shape index (κ3) is 2.37. The van der Waals surface area contributed by atoms with E-state index in [0.717, 1.165) is 12.1 Å². The van der Waals surface area contributed by atoms with Gasteiger partial charge in [-0.05, 0) is 0 Å². The molecule has 0 aliphatic heterocycles. The van der Waals surface area contributed by atoms with Crippen LogP contribution in [0.15, 0.2) is 42.9 Å². The van der Waals surface area contributed by atoms with Crippen molar-refractivity contribution in [1.29, 1.82) is 0 Å². The van der Waals surface area contributed by atoms with Crippen molar-refractivity contribution < 1.29 is 0 Å². The summed E-state index contributed by atoms with van der Waals surface area (Å²) >= 11 is -0.928. The third-order valence-corrected chi connectivity index (χ3v) is 4.83. The van der Waals surface area contributed by atoms with Crippen LogP contribution in [0.4, 0.5) is 0 Å². The fourth-order valence-corrected chi connectivity index (χ4v) is 3.08. The van der Waals surface area contributed by atoms with Crippen molar-refractivity contribution in [2.24, 2.45) is 0 Å². The molecule has 68 valence electrons. The molecule has 0 atom stereocenters. The van der Waals surface area contributed by atoms with Gasteiger partial charge in [-0.25, -0.2) is 0 Å². The SMILES string of the molecule is [CH2]=[Tl][n]1cnc(Cc2ccccc2)c1. The Morgan fingerprint density at radius 3 is 2.71 bits per heavy atom. The van der Waals surface area contributed by atoms with Gasteiger partial charge in [0.1, 0.15) is 0 Å². The summed E-state index contributed by atoms with van der Waals surface area (Å²) in [4.78, 5) is 4.36. The van der Waals surface area contributed by atoms with Crippen molar-refractivity contribution in [3.63, 3.8) is 0 Å². The molecule has 2 rings (SSSR count). The fourth-order valence-electron chi connectivity index (χ4n) is 1.38. The van der Waals surface area contributed by atoms with Crippen LogP contribution >= 0.6 is 0 Å². The summed E-state index contributed by atoms with van der Waals surface area (Å²) in [6.07, 6.45) is 4.98. The summed E-state index contributed by atoms with van der Waals surface area (Å²) in [5.74, 6) is 0. The number of hydrogen-bond acceptors (Lipinski definition) is 1. The van der Waals surface area contributed by atoms with E-state index in [1.54, 1.807) is 0 Å². The molecule has 0 N–H and O–H groups in total. The predicted octanol–water partition coefficient (Wildman–Crippen LogP) is 1.37. The number of imidazole rings is 1. The van der Waals surface area contributed by atoms with Crippen molar-refractivity contribution in [3.05, 3.63) is 54.1 Å². The van der Waals surface area contributed by atoms with Crippen LogP contribution in [0.5, 0.6) is 0 Å². The molecule has 1 aromatic heterocycles. The van der Waals surface area contributed by atoms with Gasteiger partial charge in [0, 0.05) is 0 Å². The molecule has 1 aromatic carbocycles. The molecule has 0 aliphatic carbocycles. The first-order valence-corrected chi connectivity index (χ1v) is 9.75. The van der Waals surface area contributed by atoms with Gasteiger partial charge in [-0.2, -0.15) is 0 Å². The molecule has 0 unspecified atom stereocenters. The van der Waals surface area contributed by atoms with Gasteiger partial charge in [-0.3, -0.25) is 0 Å². The first-order valence-electron chi connectivity index (χ1n) is 4.57. The van der Waals surface area contributed by atoms with Crippen molar-refractivity contribution in [1.82, 2.24) is 7.36 Å². The van der Waals surface area contributed by atoms with Gasteiger partial charge in [0.25, 0.3) is 0 Å². The second kappa shape index (κ2) is 4.64. The zero-order chi connectivity index (χ0) is 9.80. The van der Waals surface area contributed by atoms with Gasteiger partial charge < -0.3 is 0 Å². The predicted molar refractivity (Wildman–Crippen MR) is 59.7 cm³/mol. The van der Waals surface area contributed by atoms with Crippen LogP contribution in [0.3, 0.4) is 0 Å². The van der Waals surface area contributed by atoms with E-state index in [1.165, 1.54) is 5.56 Å². The van der Waals surface area contributed by atoms with Gasteiger partial charge in [0.2, 0.25) is 0 Å². The Bertz CT molecular complexity index is 420. The number of nitrogens with zero attached hydrogens (tertiary/aromatic N) is 2. The van der Waals surface area contributed by atoms with Gasteiger partial charge in [-0.1, -0.05) is 0 Å². The number of aromatic nitrogens is 2. The summed E-state index contributed by atoms with van der Waals surface area (Å²) in [6, 6.07) is 10.4. The van der Waals surface area contributed by atoms with Crippen LogP contribution in [0.1, 0.15) is 11.3 Å². The summed E-state index contributed by atoms with van der Waals surface area (Å²) < 4.78 is 6.20. The zero-order valence-corrected chi connectivity index (χ0v) is 12.4. The van der Waals surface area contributed by atoms with Gasteiger partial charge >= 0.3 is 96.0 Å². The molecule has 0 saturated heterocycles. The second-order valence-corrected chi connectivity index (χ2v) is 6.89. The second-order valence-electron chi connectivity index (χ2n) is 3.16. The number of rotatable bonds is 3. The molecule has 0 spiro atoms. The van der Waals surface area contributed by atoms with Gasteiger partial charge in [-0.15, -0.1) is 0 Å². The first-order chi connectivity index (χ1) is 6.88. The molecule has 0 aliphatic rings. The van der Waals surface area contributed by atoms with E-state index in [4.69, 9.17) is 0 Å². The van der Waals surface area contributed by atoms with Crippen LogP contribution in [0.25, 0.3) is 0 Å². The van der Waals surface area contributed by atoms with E-state index >= 15 is 0 Å². The van der Waals surface area contributed by atoms with Crippen molar-refractivity contribution in [2.75, 3.05) is 0 Å². The van der Waals surface area contributed by atoms with E-state index in [1.807, 2.05) is 12.4 Å². The van der Waals surface area contributed by atoms with Crippen LogP contribution in [-0.2, 0) is 6.42 Å². The summed E-state index contributed by atoms with van der Waals surface area (Å²) in [6.45, 7) is 0. The van der Waals surface area contributed by atoms with Crippen molar-refractivity contribution in [2.45, 2.75) is 6.42 Å². The standard InChI is InChI=1S/C10H9N2.CH2.Tl/c1-2-4-9(5-3-1)6-10-7-11-8-12-10;;/h1-5,7-8H,6H2;1H2;/q-1;;+1. The summed E-state index contributed by atoms with van der Waals surface area (Å²) in [5, 5.41) is 0. The Morgan fingerprint density at radius 2 is 2.07 bits per heavy atom. The molecule has 3 heteroatoms. The topological polar surface area (TPSA) is 17.8 Å². The number of hydrogen-bond donors (Lipinski definition) is 0. The van der Waals surface area contributed by atoms with Crippen LogP contribution in [0, 0.1) is 0 Å². The Balaban J connectivity index is 2.15. The van der Waals surface area contributed by atoms with Crippen LogP contribution in [-0.4, -0.2) is 35.5 Å². The third-order valence-electron chi connectivity index (χ3n) is 2.09. The van der Waals surface area contributed by atoms with Gasteiger partial charge in [0.05, 0.1) is 0 Å². The minimum atomic E-state index is -0.928. The Kier molecular flexibility index (Phi) is 3.23. The molecule has 0 bridgehead atoms. The minimum absolute atomic E-state index is 0.928. The molecule has 0 amide bonds. The first kappa shape index (κ1) is 9.76. The normalized spacial score (nSPS) is 9.71. The maximum absolute atomic E-state index is 4.36. The van der Waals surface area contributed by atoms with E-state index in [0.29, 0.717) is 0 Å². The average Bonchev–Trinajstić information content (AvgIpc) is 2.67. The maximum atomic E-state index is 4.36. The zero-order valence-electron chi connectivity index (χ0n) is 7.93. The molecular weight excluding hydrogens is 365 g/mol. The summed E-state index contributed by atoms with van der Waals surface area (Å²) in [5.41, 5.74) is 2.47. The monoisotopic (exact) mass is 376 g/mol. The quantitative estimate of drug-likeness (QED) is 0.741. The molecule has 0 fully saturated rings. The molecule has 1 heterocycles. The molecule has 2 nitrogen and oxygen atoms in total. The van der Waals surface area contributed by atoms with Crippen molar-refractivity contribution in [3.8, 4) is 0 Å². The molecule has 0 radical (unpaired) electrons. The van der Waals surface area contributed by atoms with E-state index in [-0.39, 0.29) is 0 Å². The van der Waals surface area contributed by atoms with E-state index in [2.05, 4.69) is 41.9 Å². The summed E-state index contributed by atoms with van der Waals surface area (Å²) in [7, 11) is 0. The Hall–Kier alpha value is -0.778. The molecule has 14 heavy (non-hydrogen) atoms. The van der Waals surface area contributed by atoms with Crippen molar-refractivity contribution >= 4 is 28.1 Å². The molecule has 2 aromatic rings.